The monoisotopic (exact) mass is 260 g/mol. The molecule has 1 aromatic carbocycles. The molecule has 0 saturated heterocycles. The van der Waals surface area contributed by atoms with E-state index in [2.05, 4.69) is 45.0 Å². The molecule has 104 valence electrons. The Bertz CT molecular complexity index is 427. The van der Waals surface area contributed by atoms with Gasteiger partial charge in [0.25, 0.3) is 0 Å². The molecular formula is C17H24O2. The van der Waals surface area contributed by atoms with Crippen LogP contribution in [0.15, 0.2) is 30.3 Å². The molecule has 0 aliphatic rings. The molecule has 2 nitrogen and oxygen atoms in total. The summed E-state index contributed by atoms with van der Waals surface area (Å²) in [5.41, 5.74) is 3.47. The predicted octanol–water partition coefficient (Wildman–Crippen LogP) is 4.24. The van der Waals surface area contributed by atoms with Gasteiger partial charge in [0, 0.05) is 6.08 Å². The molecule has 0 bridgehead atoms. The summed E-state index contributed by atoms with van der Waals surface area (Å²) >= 11 is 0. The zero-order chi connectivity index (χ0) is 14.3. The van der Waals surface area contributed by atoms with Crippen LogP contribution in [0, 0.1) is 5.92 Å². The van der Waals surface area contributed by atoms with Gasteiger partial charge in [-0.15, -0.1) is 0 Å². The highest BCUT2D eigenvalue weighted by molar-refractivity contribution is 5.91. The summed E-state index contributed by atoms with van der Waals surface area (Å²) in [6.45, 7) is 8.58. The number of hydrogen-bond donors (Lipinski definition) is 0. The smallest absolute Gasteiger partial charge is 0.331 e. The molecule has 0 unspecified atom stereocenters. The fourth-order valence-corrected chi connectivity index (χ4v) is 2.05. The Balaban J connectivity index is 2.96. The SMILES string of the molecule is CCCc1ccc(C(=CC(=O)OCC)C(C)C)cc1. The Morgan fingerprint density at radius 1 is 1.21 bits per heavy atom. The van der Waals surface area contributed by atoms with Crippen molar-refractivity contribution in [3.63, 3.8) is 0 Å². The van der Waals surface area contributed by atoms with Crippen LogP contribution in [0.1, 0.15) is 45.2 Å². The second-order valence-corrected chi connectivity index (χ2v) is 4.95. The summed E-state index contributed by atoms with van der Waals surface area (Å²) in [6.07, 6.45) is 3.86. The van der Waals surface area contributed by atoms with Crippen LogP contribution in [-0.2, 0) is 16.0 Å². The molecule has 0 radical (unpaired) electrons. The molecule has 0 aliphatic heterocycles. The van der Waals surface area contributed by atoms with Crippen molar-refractivity contribution in [2.24, 2.45) is 5.92 Å². The molecule has 0 fully saturated rings. The van der Waals surface area contributed by atoms with Gasteiger partial charge in [-0.25, -0.2) is 4.79 Å². The third kappa shape index (κ3) is 4.90. The van der Waals surface area contributed by atoms with Gasteiger partial charge in [-0.1, -0.05) is 51.5 Å². The van der Waals surface area contributed by atoms with E-state index in [1.165, 1.54) is 5.56 Å². The van der Waals surface area contributed by atoms with Crippen LogP contribution < -0.4 is 0 Å². The number of benzene rings is 1. The highest BCUT2D eigenvalue weighted by Gasteiger charge is 2.09. The molecule has 0 heterocycles. The lowest BCUT2D eigenvalue weighted by Crippen LogP contribution is -2.04. The number of aryl methyl sites for hydroxylation is 1. The van der Waals surface area contributed by atoms with Crippen molar-refractivity contribution < 1.29 is 9.53 Å². The minimum Gasteiger partial charge on any atom is -0.463 e. The number of rotatable bonds is 6. The number of esters is 1. The molecule has 2 heteroatoms. The van der Waals surface area contributed by atoms with Crippen molar-refractivity contribution in [2.75, 3.05) is 6.61 Å². The standard InChI is InChI=1S/C17H24O2/c1-5-7-14-8-10-15(11-9-14)16(13(3)4)12-17(18)19-6-2/h8-13H,5-7H2,1-4H3. The maximum Gasteiger partial charge on any atom is 0.331 e. The minimum absolute atomic E-state index is 0.260. The lowest BCUT2D eigenvalue weighted by molar-refractivity contribution is -0.137. The van der Waals surface area contributed by atoms with E-state index in [1.807, 2.05) is 6.92 Å². The van der Waals surface area contributed by atoms with Crippen molar-refractivity contribution in [1.29, 1.82) is 0 Å². The van der Waals surface area contributed by atoms with Crippen LogP contribution in [0.25, 0.3) is 5.57 Å². The molecule has 0 saturated carbocycles. The molecule has 0 N–H and O–H groups in total. The maximum atomic E-state index is 11.6. The first-order valence-electron chi connectivity index (χ1n) is 7.06. The fraction of sp³-hybridized carbons (Fsp3) is 0.471. The second kappa shape index (κ2) is 7.78. The third-order valence-electron chi connectivity index (χ3n) is 3.01. The topological polar surface area (TPSA) is 26.3 Å². The highest BCUT2D eigenvalue weighted by atomic mass is 16.5. The minimum atomic E-state index is -0.260. The Morgan fingerprint density at radius 3 is 2.32 bits per heavy atom. The van der Waals surface area contributed by atoms with Crippen LogP contribution in [0.5, 0.6) is 0 Å². The van der Waals surface area contributed by atoms with Gasteiger partial charge in [0.1, 0.15) is 0 Å². The molecule has 1 rings (SSSR count). The number of allylic oxidation sites excluding steroid dienone is 1. The van der Waals surface area contributed by atoms with E-state index < -0.39 is 0 Å². The Kier molecular flexibility index (Phi) is 6.34. The number of carbonyl (C=O) groups excluding carboxylic acids is 1. The number of hydrogen-bond acceptors (Lipinski definition) is 2. The Labute approximate surface area is 116 Å². The van der Waals surface area contributed by atoms with Crippen LogP contribution in [-0.4, -0.2) is 12.6 Å². The fourth-order valence-electron chi connectivity index (χ4n) is 2.05. The Hall–Kier alpha value is -1.57. The number of ether oxygens (including phenoxy) is 1. The van der Waals surface area contributed by atoms with Crippen molar-refractivity contribution in [3.8, 4) is 0 Å². The van der Waals surface area contributed by atoms with E-state index in [4.69, 9.17) is 4.74 Å². The molecule has 0 atom stereocenters. The number of carbonyl (C=O) groups is 1. The quantitative estimate of drug-likeness (QED) is 0.565. The highest BCUT2D eigenvalue weighted by Crippen LogP contribution is 2.23. The average molecular weight is 260 g/mol. The van der Waals surface area contributed by atoms with Crippen LogP contribution >= 0.6 is 0 Å². The molecule has 0 amide bonds. The maximum absolute atomic E-state index is 11.6. The van der Waals surface area contributed by atoms with Gasteiger partial charge in [0.15, 0.2) is 0 Å². The molecule has 0 aromatic heterocycles. The van der Waals surface area contributed by atoms with Crippen molar-refractivity contribution >= 4 is 11.5 Å². The first kappa shape index (κ1) is 15.5. The molecule has 0 aliphatic carbocycles. The van der Waals surface area contributed by atoms with Crippen LogP contribution in [0.3, 0.4) is 0 Å². The molecule has 19 heavy (non-hydrogen) atoms. The van der Waals surface area contributed by atoms with Crippen molar-refractivity contribution in [1.82, 2.24) is 0 Å². The first-order chi connectivity index (χ1) is 9.08. The summed E-state index contributed by atoms with van der Waals surface area (Å²) in [4.78, 5) is 11.6. The molecular weight excluding hydrogens is 236 g/mol. The lowest BCUT2D eigenvalue weighted by atomic mass is 9.94. The third-order valence-corrected chi connectivity index (χ3v) is 3.01. The zero-order valence-electron chi connectivity index (χ0n) is 12.4. The summed E-state index contributed by atoms with van der Waals surface area (Å²) in [6, 6.07) is 8.46. The van der Waals surface area contributed by atoms with Gasteiger partial charge in [0.2, 0.25) is 0 Å². The van der Waals surface area contributed by atoms with Gasteiger partial charge in [-0.2, -0.15) is 0 Å². The largest absolute Gasteiger partial charge is 0.463 e. The van der Waals surface area contributed by atoms with Gasteiger partial charge in [-0.05, 0) is 36.0 Å². The van der Waals surface area contributed by atoms with Crippen molar-refractivity contribution in [2.45, 2.75) is 40.5 Å². The second-order valence-electron chi connectivity index (χ2n) is 4.95. The van der Waals surface area contributed by atoms with Gasteiger partial charge in [0.05, 0.1) is 6.61 Å². The summed E-state index contributed by atoms with van der Waals surface area (Å²) in [5.74, 6) is 0.0327. The molecule has 0 spiro atoms. The van der Waals surface area contributed by atoms with E-state index in [1.54, 1.807) is 6.08 Å². The Morgan fingerprint density at radius 2 is 1.84 bits per heavy atom. The lowest BCUT2D eigenvalue weighted by Gasteiger charge is -2.12. The van der Waals surface area contributed by atoms with Gasteiger partial charge < -0.3 is 4.74 Å². The van der Waals surface area contributed by atoms with E-state index in [0.717, 1.165) is 24.0 Å². The van der Waals surface area contributed by atoms with E-state index in [-0.39, 0.29) is 5.97 Å². The van der Waals surface area contributed by atoms with E-state index in [0.29, 0.717) is 12.5 Å². The zero-order valence-corrected chi connectivity index (χ0v) is 12.4. The molecule has 1 aromatic rings. The summed E-state index contributed by atoms with van der Waals surface area (Å²) < 4.78 is 4.99. The van der Waals surface area contributed by atoms with Crippen LogP contribution in [0.2, 0.25) is 0 Å². The predicted molar refractivity (Wildman–Crippen MR) is 79.9 cm³/mol. The van der Waals surface area contributed by atoms with Gasteiger partial charge >= 0.3 is 5.97 Å². The van der Waals surface area contributed by atoms with Crippen molar-refractivity contribution in [3.05, 3.63) is 41.5 Å². The summed E-state index contributed by atoms with van der Waals surface area (Å²) in [5, 5.41) is 0. The normalized spacial score (nSPS) is 11.7. The first-order valence-corrected chi connectivity index (χ1v) is 7.06. The van der Waals surface area contributed by atoms with E-state index >= 15 is 0 Å². The van der Waals surface area contributed by atoms with E-state index in [9.17, 15) is 4.79 Å². The van der Waals surface area contributed by atoms with Gasteiger partial charge in [-0.3, -0.25) is 0 Å². The average Bonchev–Trinajstić information content (AvgIpc) is 2.37. The summed E-state index contributed by atoms with van der Waals surface area (Å²) in [7, 11) is 0. The van der Waals surface area contributed by atoms with Crippen LogP contribution in [0.4, 0.5) is 0 Å².